The number of nitrogens with two attached hydrogens (primary N) is 1. The second-order valence-electron chi connectivity index (χ2n) is 9.48. The van der Waals surface area contributed by atoms with Gasteiger partial charge in [-0.3, -0.25) is 14.1 Å². The van der Waals surface area contributed by atoms with Gasteiger partial charge in [0.15, 0.2) is 11.5 Å². The van der Waals surface area contributed by atoms with Crippen LogP contribution in [0.25, 0.3) is 39.5 Å². The highest BCUT2D eigenvalue weighted by molar-refractivity contribution is 7.97. The zero-order valence-corrected chi connectivity index (χ0v) is 23.3. The lowest BCUT2D eigenvalue weighted by Gasteiger charge is -2.12. The first-order chi connectivity index (χ1) is 19.9. The number of carbonyl (C=O) groups is 1. The number of hydrogen-bond donors (Lipinski definition) is 3. The normalized spacial score (nSPS) is 11.2. The van der Waals surface area contributed by atoms with Crippen molar-refractivity contribution < 1.29 is 4.79 Å². The molecule has 0 saturated carbocycles. The van der Waals surface area contributed by atoms with E-state index in [1.54, 1.807) is 12.5 Å². The summed E-state index contributed by atoms with van der Waals surface area (Å²) in [5.41, 5.74) is 12.8. The fraction of sp³-hybridized carbons (Fsp3) is 0.100. The van der Waals surface area contributed by atoms with E-state index in [1.807, 2.05) is 83.0 Å². The number of pyridine rings is 2. The maximum Gasteiger partial charge on any atom is 0.221 e. The summed E-state index contributed by atoms with van der Waals surface area (Å²) in [6, 6.07) is 23.5. The van der Waals surface area contributed by atoms with Crippen LogP contribution in [-0.2, 0) is 18.4 Å². The molecular weight excluding hydrogens is 534 g/mol. The fourth-order valence-corrected chi connectivity index (χ4v) is 5.21. The Morgan fingerprint density at radius 2 is 1.85 bits per heavy atom. The Hall–Kier alpha value is -5.00. The van der Waals surface area contributed by atoms with E-state index >= 15 is 0 Å². The number of nitrogens with zero attached hydrogens (tertiary/aromatic N) is 6. The number of amides is 1. The number of aryl methyl sites for hydroxylation is 1. The van der Waals surface area contributed by atoms with Crippen LogP contribution in [-0.4, -0.2) is 35.0 Å². The standard InChI is InChI=1S/C30H27N9OS/c1-19(40)35-22-6-3-5-21(15-22)25-12-13-26-30(36-25)39(29(37-26)24-7-4-14-32-28(24)31)23-10-8-20(9-11-23)16-34-41-27-17-38(2)18-33-27/h3-15,17-18,34H,16H2,1-2H3,(H2,31,32)(H,35,40). The van der Waals surface area contributed by atoms with E-state index in [1.165, 1.54) is 18.9 Å². The van der Waals surface area contributed by atoms with Gasteiger partial charge in [-0.05, 0) is 66.0 Å². The molecule has 0 atom stereocenters. The zero-order valence-electron chi connectivity index (χ0n) is 22.4. The first-order valence-corrected chi connectivity index (χ1v) is 13.7. The Kier molecular flexibility index (Phi) is 7.19. The highest BCUT2D eigenvalue weighted by Gasteiger charge is 2.19. The summed E-state index contributed by atoms with van der Waals surface area (Å²) in [5, 5.41) is 3.75. The van der Waals surface area contributed by atoms with Crippen molar-refractivity contribution in [3.63, 3.8) is 0 Å². The van der Waals surface area contributed by atoms with Gasteiger partial charge in [-0.15, -0.1) is 0 Å². The topological polar surface area (TPSA) is 129 Å². The number of nitrogens with one attached hydrogen (secondary N) is 2. The van der Waals surface area contributed by atoms with Gasteiger partial charge in [0.1, 0.15) is 16.4 Å². The second kappa shape index (κ2) is 11.2. The molecule has 4 heterocycles. The van der Waals surface area contributed by atoms with Crippen LogP contribution in [0.5, 0.6) is 0 Å². The molecule has 0 aliphatic rings. The molecule has 4 aromatic heterocycles. The van der Waals surface area contributed by atoms with Gasteiger partial charge in [-0.1, -0.05) is 24.3 Å². The summed E-state index contributed by atoms with van der Waals surface area (Å²) in [7, 11) is 1.95. The van der Waals surface area contributed by atoms with Gasteiger partial charge >= 0.3 is 0 Å². The molecule has 0 spiro atoms. The predicted octanol–water partition coefficient (Wildman–Crippen LogP) is 5.22. The van der Waals surface area contributed by atoms with E-state index in [9.17, 15) is 4.79 Å². The van der Waals surface area contributed by atoms with Gasteiger partial charge in [0, 0.05) is 49.8 Å². The number of anilines is 2. The summed E-state index contributed by atoms with van der Waals surface area (Å²) >= 11 is 1.49. The van der Waals surface area contributed by atoms with Crippen LogP contribution in [0.2, 0.25) is 0 Å². The van der Waals surface area contributed by atoms with Crippen molar-refractivity contribution in [2.75, 3.05) is 11.1 Å². The Bertz CT molecular complexity index is 1860. The molecule has 0 unspecified atom stereocenters. The molecule has 10 nitrogen and oxygen atoms in total. The maximum atomic E-state index is 11.6. The lowest BCUT2D eigenvalue weighted by Crippen LogP contribution is -2.05. The van der Waals surface area contributed by atoms with Crippen molar-refractivity contribution in [2.45, 2.75) is 18.5 Å². The zero-order chi connectivity index (χ0) is 28.3. The Morgan fingerprint density at radius 3 is 2.61 bits per heavy atom. The van der Waals surface area contributed by atoms with Gasteiger partial charge in [-0.25, -0.2) is 19.9 Å². The van der Waals surface area contributed by atoms with E-state index in [0.29, 0.717) is 29.5 Å². The van der Waals surface area contributed by atoms with Crippen molar-refractivity contribution in [3.8, 4) is 28.3 Å². The van der Waals surface area contributed by atoms with Crippen molar-refractivity contribution in [2.24, 2.45) is 7.05 Å². The highest BCUT2D eigenvalue weighted by atomic mass is 32.2. The minimum absolute atomic E-state index is 0.128. The van der Waals surface area contributed by atoms with Gasteiger partial charge in [-0.2, -0.15) is 0 Å². The van der Waals surface area contributed by atoms with Crippen LogP contribution < -0.4 is 15.8 Å². The predicted molar refractivity (Wildman–Crippen MR) is 162 cm³/mol. The molecule has 4 N–H and O–H groups in total. The Morgan fingerprint density at radius 1 is 1.00 bits per heavy atom. The summed E-state index contributed by atoms with van der Waals surface area (Å²) < 4.78 is 7.28. The summed E-state index contributed by atoms with van der Waals surface area (Å²) in [6.07, 6.45) is 5.41. The van der Waals surface area contributed by atoms with E-state index in [0.717, 1.165) is 38.6 Å². The largest absolute Gasteiger partial charge is 0.383 e. The lowest BCUT2D eigenvalue weighted by atomic mass is 10.1. The number of aromatic nitrogens is 6. The third kappa shape index (κ3) is 5.67. The number of carbonyl (C=O) groups excluding carboxylic acids is 1. The van der Waals surface area contributed by atoms with Crippen molar-refractivity contribution in [1.82, 2.24) is 33.8 Å². The molecule has 2 aromatic carbocycles. The summed E-state index contributed by atoms with van der Waals surface area (Å²) in [5.74, 6) is 0.912. The van der Waals surface area contributed by atoms with Crippen LogP contribution in [0.1, 0.15) is 12.5 Å². The first-order valence-electron chi connectivity index (χ1n) is 12.9. The third-order valence-electron chi connectivity index (χ3n) is 6.39. The number of fused-ring (bicyclic) bond motifs is 1. The SMILES string of the molecule is CC(=O)Nc1cccc(-c2ccc3nc(-c4cccnc4N)n(-c4ccc(CNSc5cn(C)cn5)cc4)c3n2)c1. The van der Waals surface area contributed by atoms with Crippen LogP contribution in [0.4, 0.5) is 11.5 Å². The molecule has 0 aliphatic carbocycles. The molecular formula is C30H27N9OS. The molecule has 6 rings (SSSR count). The fourth-order valence-electron chi connectivity index (χ4n) is 4.51. The minimum Gasteiger partial charge on any atom is -0.383 e. The third-order valence-corrected chi connectivity index (χ3v) is 7.10. The van der Waals surface area contributed by atoms with Crippen LogP contribution in [0.15, 0.2) is 96.5 Å². The van der Waals surface area contributed by atoms with Crippen molar-refractivity contribution in [3.05, 3.63) is 97.1 Å². The molecule has 0 bridgehead atoms. The quantitative estimate of drug-likeness (QED) is 0.216. The monoisotopic (exact) mass is 561 g/mol. The molecule has 41 heavy (non-hydrogen) atoms. The van der Waals surface area contributed by atoms with E-state index in [-0.39, 0.29) is 5.91 Å². The van der Waals surface area contributed by atoms with Crippen molar-refractivity contribution >= 4 is 40.5 Å². The Balaban J connectivity index is 1.38. The molecule has 1 amide bonds. The number of hydrogen-bond acceptors (Lipinski definition) is 8. The van der Waals surface area contributed by atoms with Gasteiger partial charge in [0.05, 0.1) is 17.6 Å². The highest BCUT2D eigenvalue weighted by Crippen LogP contribution is 2.32. The average Bonchev–Trinajstić information content (AvgIpc) is 3.56. The first kappa shape index (κ1) is 26.2. The molecule has 0 fully saturated rings. The maximum absolute atomic E-state index is 11.6. The second-order valence-corrected chi connectivity index (χ2v) is 10.4. The molecule has 204 valence electrons. The lowest BCUT2D eigenvalue weighted by molar-refractivity contribution is -0.114. The van der Waals surface area contributed by atoms with Gasteiger partial charge in [0.2, 0.25) is 5.91 Å². The molecule has 11 heteroatoms. The van der Waals surface area contributed by atoms with Crippen LogP contribution in [0, 0.1) is 0 Å². The molecule has 0 radical (unpaired) electrons. The van der Waals surface area contributed by atoms with Crippen LogP contribution in [0.3, 0.4) is 0 Å². The summed E-state index contributed by atoms with van der Waals surface area (Å²) in [4.78, 5) is 30.1. The summed E-state index contributed by atoms with van der Waals surface area (Å²) in [6.45, 7) is 2.16. The Labute approximate surface area is 240 Å². The number of nitrogen functional groups attached to an aromatic ring is 1. The molecule has 6 aromatic rings. The molecule has 0 aliphatic heterocycles. The average molecular weight is 562 g/mol. The van der Waals surface area contributed by atoms with E-state index in [4.69, 9.17) is 15.7 Å². The smallest absolute Gasteiger partial charge is 0.221 e. The van der Waals surface area contributed by atoms with Gasteiger partial charge in [0.25, 0.3) is 0 Å². The van der Waals surface area contributed by atoms with E-state index in [2.05, 4.69) is 32.1 Å². The van der Waals surface area contributed by atoms with Gasteiger partial charge < -0.3 is 15.6 Å². The molecule has 0 saturated heterocycles. The number of benzene rings is 2. The number of imidazole rings is 2. The number of rotatable bonds is 8. The van der Waals surface area contributed by atoms with Crippen molar-refractivity contribution in [1.29, 1.82) is 0 Å². The van der Waals surface area contributed by atoms with E-state index < -0.39 is 0 Å². The van der Waals surface area contributed by atoms with Crippen LogP contribution >= 0.6 is 11.9 Å². The minimum atomic E-state index is -0.128.